The quantitative estimate of drug-likeness (QED) is 0.395. The first kappa shape index (κ1) is 19.8. The molecule has 6 heteroatoms. The molecule has 1 saturated carbocycles. The van der Waals surface area contributed by atoms with Crippen molar-refractivity contribution in [3.05, 3.63) is 35.6 Å². The van der Waals surface area contributed by atoms with Crippen LogP contribution in [0.4, 0.5) is 4.39 Å². The minimum absolute atomic E-state index is 0. The summed E-state index contributed by atoms with van der Waals surface area (Å²) < 4.78 is 14.4. The molecule has 1 aromatic rings. The van der Waals surface area contributed by atoms with E-state index in [0.717, 1.165) is 37.5 Å². The standard InChI is InChI=1S/C18H26FN3S.HI/c1-17(8-5-11-23-17)12-21-16(20-2)22-13-18(9-10-18)14-6-3-4-7-15(14)19;/h3-4,6-7H,5,8-13H2,1-2H3,(H2,20,21,22);1H. The number of aliphatic imine (C=N–C) groups is 1. The van der Waals surface area contributed by atoms with Crippen molar-refractivity contribution in [2.75, 3.05) is 25.9 Å². The average molecular weight is 463 g/mol. The zero-order chi connectivity index (χ0) is 16.3. The van der Waals surface area contributed by atoms with Crippen molar-refractivity contribution >= 4 is 41.7 Å². The highest BCUT2D eigenvalue weighted by atomic mass is 127. The second-order valence-electron chi connectivity index (χ2n) is 6.94. The molecule has 1 aliphatic heterocycles. The number of rotatable bonds is 5. The lowest BCUT2D eigenvalue weighted by Gasteiger charge is -2.25. The van der Waals surface area contributed by atoms with Crippen LogP contribution < -0.4 is 10.6 Å². The number of halogens is 2. The van der Waals surface area contributed by atoms with Crippen LogP contribution >= 0.6 is 35.7 Å². The van der Waals surface area contributed by atoms with Crippen molar-refractivity contribution in [2.45, 2.75) is 42.8 Å². The van der Waals surface area contributed by atoms with Crippen LogP contribution in [0.1, 0.15) is 38.2 Å². The van der Waals surface area contributed by atoms with Crippen LogP contribution in [0.15, 0.2) is 29.3 Å². The zero-order valence-electron chi connectivity index (χ0n) is 14.4. The molecule has 2 aliphatic rings. The Hall–Kier alpha value is -0.500. The van der Waals surface area contributed by atoms with Crippen molar-refractivity contribution in [2.24, 2.45) is 4.99 Å². The van der Waals surface area contributed by atoms with E-state index in [-0.39, 0.29) is 35.2 Å². The molecule has 2 N–H and O–H groups in total. The van der Waals surface area contributed by atoms with Gasteiger partial charge in [-0.05, 0) is 50.0 Å². The van der Waals surface area contributed by atoms with Crippen LogP contribution in [0.25, 0.3) is 0 Å². The third-order valence-corrected chi connectivity index (χ3v) is 6.59. The lowest BCUT2D eigenvalue weighted by Crippen LogP contribution is -2.45. The van der Waals surface area contributed by atoms with E-state index < -0.39 is 0 Å². The highest BCUT2D eigenvalue weighted by Gasteiger charge is 2.45. The Morgan fingerprint density at radius 3 is 2.50 bits per heavy atom. The number of guanidine groups is 1. The van der Waals surface area contributed by atoms with Crippen LogP contribution in [-0.2, 0) is 5.41 Å². The molecule has 0 spiro atoms. The first-order chi connectivity index (χ1) is 11.1. The highest BCUT2D eigenvalue weighted by Crippen LogP contribution is 2.48. The maximum Gasteiger partial charge on any atom is 0.191 e. The summed E-state index contributed by atoms with van der Waals surface area (Å²) in [5, 5.41) is 6.84. The van der Waals surface area contributed by atoms with Gasteiger partial charge in [-0.15, -0.1) is 24.0 Å². The number of hydrogen-bond donors (Lipinski definition) is 2. The van der Waals surface area contributed by atoms with Crippen molar-refractivity contribution < 1.29 is 4.39 Å². The van der Waals surface area contributed by atoms with Gasteiger partial charge in [0.05, 0.1) is 0 Å². The number of thioether (sulfide) groups is 1. The largest absolute Gasteiger partial charge is 0.356 e. The van der Waals surface area contributed by atoms with Crippen LogP contribution in [0.5, 0.6) is 0 Å². The van der Waals surface area contributed by atoms with Crippen molar-refractivity contribution in [3.8, 4) is 0 Å². The van der Waals surface area contributed by atoms with Crippen molar-refractivity contribution in [3.63, 3.8) is 0 Å². The van der Waals surface area contributed by atoms with Crippen LogP contribution in [0, 0.1) is 5.82 Å². The first-order valence-corrected chi connectivity index (χ1v) is 9.39. The summed E-state index contributed by atoms with van der Waals surface area (Å²) in [5.74, 6) is 1.98. The molecule has 3 rings (SSSR count). The van der Waals surface area contributed by atoms with Gasteiger partial charge in [0, 0.05) is 30.3 Å². The van der Waals surface area contributed by atoms with E-state index in [2.05, 4.69) is 22.5 Å². The molecule has 2 fully saturated rings. The fourth-order valence-corrected chi connectivity index (χ4v) is 4.55. The van der Waals surface area contributed by atoms with Crippen LogP contribution in [0.3, 0.4) is 0 Å². The Kier molecular flexibility index (Phi) is 6.82. The molecule has 134 valence electrons. The SMILES string of the molecule is CN=C(NCC1(C)CCCS1)NCC1(c2ccccc2F)CC1.I. The van der Waals surface area contributed by atoms with Crippen molar-refractivity contribution in [1.82, 2.24) is 10.6 Å². The number of hydrogen-bond acceptors (Lipinski definition) is 2. The van der Waals surface area contributed by atoms with Crippen molar-refractivity contribution in [1.29, 1.82) is 0 Å². The van der Waals surface area contributed by atoms with E-state index in [1.165, 1.54) is 18.6 Å². The van der Waals surface area contributed by atoms with Crippen LogP contribution in [-0.4, -0.2) is 36.6 Å². The van der Waals surface area contributed by atoms with Gasteiger partial charge in [-0.2, -0.15) is 11.8 Å². The predicted octanol–water partition coefficient (Wildman–Crippen LogP) is 3.93. The Morgan fingerprint density at radius 2 is 1.92 bits per heavy atom. The smallest absolute Gasteiger partial charge is 0.191 e. The molecule has 0 aromatic heterocycles. The monoisotopic (exact) mass is 463 g/mol. The topological polar surface area (TPSA) is 36.4 Å². The summed E-state index contributed by atoms with van der Waals surface area (Å²) in [6, 6.07) is 7.14. The van der Waals surface area contributed by atoms with Crippen LogP contribution in [0.2, 0.25) is 0 Å². The third-order valence-electron chi connectivity index (χ3n) is 5.05. The van der Waals surface area contributed by atoms with Gasteiger partial charge in [0.25, 0.3) is 0 Å². The molecule has 0 bridgehead atoms. The van der Waals surface area contributed by atoms with Gasteiger partial charge < -0.3 is 10.6 Å². The summed E-state index contributed by atoms with van der Waals surface area (Å²) in [6.45, 7) is 3.97. The molecular weight excluding hydrogens is 436 g/mol. The minimum Gasteiger partial charge on any atom is -0.356 e. The molecule has 1 aromatic carbocycles. The lowest BCUT2D eigenvalue weighted by atomic mass is 9.95. The summed E-state index contributed by atoms with van der Waals surface area (Å²) in [4.78, 5) is 4.32. The molecule has 24 heavy (non-hydrogen) atoms. The number of nitrogens with one attached hydrogen (secondary N) is 2. The maximum absolute atomic E-state index is 14.1. The Bertz CT molecular complexity index is 583. The molecule has 1 atom stereocenters. The molecule has 1 aliphatic carbocycles. The highest BCUT2D eigenvalue weighted by molar-refractivity contribution is 14.0. The number of nitrogens with zero attached hydrogens (tertiary/aromatic N) is 1. The van der Waals surface area contributed by atoms with Gasteiger partial charge in [-0.3, -0.25) is 4.99 Å². The molecule has 0 radical (unpaired) electrons. The Balaban J connectivity index is 0.00000208. The molecule has 3 nitrogen and oxygen atoms in total. The Labute approximate surface area is 165 Å². The maximum atomic E-state index is 14.1. The first-order valence-electron chi connectivity index (χ1n) is 8.40. The van der Waals surface area contributed by atoms with Gasteiger partial charge in [0.2, 0.25) is 0 Å². The molecule has 1 saturated heterocycles. The van der Waals surface area contributed by atoms with Gasteiger partial charge in [0.1, 0.15) is 5.82 Å². The van der Waals surface area contributed by atoms with E-state index in [0.29, 0.717) is 4.75 Å². The van der Waals surface area contributed by atoms with E-state index in [4.69, 9.17) is 0 Å². The van der Waals surface area contributed by atoms with Gasteiger partial charge in [-0.25, -0.2) is 4.39 Å². The van der Waals surface area contributed by atoms with E-state index in [1.807, 2.05) is 23.9 Å². The molecule has 0 amide bonds. The van der Waals surface area contributed by atoms with E-state index in [1.54, 1.807) is 19.2 Å². The lowest BCUT2D eigenvalue weighted by molar-refractivity contribution is 0.553. The predicted molar refractivity (Wildman–Crippen MR) is 112 cm³/mol. The summed E-state index contributed by atoms with van der Waals surface area (Å²) in [7, 11) is 1.79. The second-order valence-corrected chi connectivity index (χ2v) is 8.62. The van der Waals surface area contributed by atoms with Gasteiger partial charge in [-0.1, -0.05) is 18.2 Å². The normalized spacial score (nSPS) is 25.0. The van der Waals surface area contributed by atoms with Gasteiger partial charge >= 0.3 is 0 Å². The van der Waals surface area contributed by atoms with E-state index >= 15 is 0 Å². The second kappa shape index (κ2) is 8.25. The summed E-state index contributed by atoms with van der Waals surface area (Å²) >= 11 is 2.04. The number of benzene rings is 1. The molecular formula is C18H27FIN3S. The fraction of sp³-hybridized carbons (Fsp3) is 0.611. The third kappa shape index (κ3) is 4.56. The minimum atomic E-state index is -0.0930. The van der Waals surface area contributed by atoms with E-state index in [9.17, 15) is 4.39 Å². The molecule has 1 unspecified atom stereocenters. The molecule has 1 heterocycles. The Morgan fingerprint density at radius 1 is 1.21 bits per heavy atom. The average Bonchev–Trinajstić information content (AvgIpc) is 3.22. The van der Waals surface area contributed by atoms with Gasteiger partial charge in [0.15, 0.2) is 5.96 Å². The fourth-order valence-electron chi connectivity index (χ4n) is 3.30. The summed E-state index contributed by atoms with van der Waals surface area (Å²) in [5.41, 5.74) is 0.774. The zero-order valence-corrected chi connectivity index (χ0v) is 17.5. The summed E-state index contributed by atoms with van der Waals surface area (Å²) in [6.07, 6.45) is 4.61.